The van der Waals surface area contributed by atoms with Crippen LogP contribution in [0.1, 0.15) is 38.8 Å². The van der Waals surface area contributed by atoms with E-state index < -0.39 is 18.3 Å². The van der Waals surface area contributed by atoms with Crippen LogP contribution >= 0.6 is 54.5 Å². The number of nitrogens with zero attached hydrogens (tertiary/aromatic N) is 5. The molecule has 2 saturated heterocycles. The second-order valence-corrected chi connectivity index (χ2v) is 17.9. The number of anilines is 2. The summed E-state index contributed by atoms with van der Waals surface area (Å²) in [4.78, 5) is 62.9. The van der Waals surface area contributed by atoms with E-state index in [9.17, 15) is 19.2 Å². The summed E-state index contributed by atoms with van der Waals surface area (Å²) in [5, 5.41) is 8.67. The monoisotopic (exact) mass is 969 g/mol. The van der Waals surface area contributed by atoms with Crippen LogP contribution in [-0.2, 0) is 9.47 Å². The molecule has 312 valence electrons. The summed E-state index contributed by atoms with van der Waals surface area (Å²) in [5.41, 5.74) is 8.16. The van der Waals surface area contributed by atoms with Gasteiger partial charge in [-0.1, -0.05) is 19.1 Å². The zero-order valence-corrected chi connectivity index (χ0v) is 37.3. The number of amides is 4. The average Bonchev–Trinajstić information content (AvgIpc) is 4.11. The van der Waals surface area contributed by atoms with Crippen molar-refractivity contribution in [1.82, 2.24) is 20.9 Å². The molecule has 3 aliphatic rings. The number of carbonyl (C=O) groups is 4. The van der Waals surface area contributed by atoms with Gasteiger partial charge in [-0.15, -0.1) is 22.7 Å². The molecule has 0 saturated carbocycles. The number of benzene rings is 2. The highest BCUT2D eigenvalue weighted by molar-refractivity contribution is 9.11. The fraction of sp³-hybridized carbons (Fsp3) is 0.350. The lowest BCUT2D eigenvalue weighted by Gasteiger charge is -2.19. The van der Waals surface area contributed by atoms with E-state index in [2.05, 4.69) is 76.4 Å². The molecule has 0 radical (unpaired) electrons. The summed E-state index contributed by atoms with van der Waals surface area (Å²) < 4.78 is 12.5. The molecule has 0 unspecified atom stereocenters. The Hall–Kier alpha value is -4.84. The second kappa shape index (κ2) is 22.5. The Kier molecular flexibility index (Phi) is 17.3. The highest BCUT2D eigenvalue weighted by Crippen LogP contribution is 2.27. The van der Waals surface area contributed by atoms with Gasteiger partial charge >= 0.3 is 12.2 Å². The molecule has 2 aromatic heterocycles. The van der Waals surface area contributed by atoms with Crippen LogP contribution in [0.2, 0.25) is 0 Å². The molecule has 2 aromatic carbocycles. The van der Waals surface area contributed by atoms with E-state index in [1.165, 1.54) is 27.6 Å². The number of ether oxygens (including phenoxy) is 2. The Morgan fingerprint density at radius 1 is 0.831 bits per heavy atom. The Labute approximate surface area is 368 Å². The topological polar surface area (TPSA) is 175 Å². The van der Waals surface area contributed by atoms with Gasteiger partial charge in [-0.2, -0.15) is 0 Å². The van der Waals surface area contributed by atoms with Crippen molar-refractivity contribution in [2.45, 2.75) is 26.1 Å². The number of rotatable bonds is 13. The van der Waals surface area contributed by atoms with Crippen molar-refractivity contribution in [3.8, 4) is 0 Å². The highest BCUT2D eigenvalue weighted by atomic mass is 79.9. The van der Waals surface area contributed by atoms with Gasteiger partial charge in [-0.25, -0.2) is 14.4 Å². The maximum Gasteiger partial charge on any atom is 0.414 e. The van der Waals surface area contributed by atoms with Crippen LogP contribution in [0.5, 0.6) is 0 Å². The molecule has 3 aliphatic heterocycles. The van der Waals surface area contributed by atoms with Crippen molar-refractivity contribution in [2.75, 3.05) is 75.2 Å². The molecular weight excluding hydrogens is 926 g/mol. The standard InChI is InChI=1S/C20H21BrN4O3S.C16H12BrN3O3S.C4H12N2/c1-2-24-10-9-22-18(24)13-3-5-14(6-4-13)25-12-15(28-20(25)27)11-23-19(26)16-7-8-17(21)29-16;1-18-10-2-4-11(5-3-10)20-9-12(23-16(20)22)8-19-15(21)13-6-7-14(17)24-13;1-2-6-4-3-5/h3-8,15H,2,9-12H2,1H3,(H,23,26);2-7,12H,8-9H2,(H,19,21);6H,2-5H2,1H3/t15-;12-;/m00./s1. The molecule has 2 atom stereocenters. The number of aliphatic imine (C=N–C) groups is 1. The normalized spacial score (nSPS) is 16.9. The number of cyclic esters (lactones) is 2. The number of nitrogens with two attached hydrogens (primary N) is 1. The fourth-order valence-electron chi connectivity index (χ4n) is 5.98. The van der Waals surface area contributed by atoms with Gasteiger partial charge in [0.15, 0.2) is 5.69 Å². The lowest BCUT2D eigenvalue weighted by atomic mass is 10.1. The van der Waals surface area contributed by atoms with E-state index in [4.69, 9.17) is 21.8 Å². The summed E-state index contributed by atoms with van der Waals surface area (Å²) in [6, 6.07) is 21.6. The van der Waals surface area contributed by atoms with Gasteiger partial charge in [0, 0.05) is 43.1 Å². The predicted molar refractivity (Wildman–Crippen MR) is 239 cm³/mol. The zero-order chi connectivity index (χ0) is 42.3. The van der Waals surface area contributed by atoms with E-state index in [1.54, 1.807) is 41.3 Å². The second-order valence-electron chi connectivity index (χ2n) is 13.0. The molecule has 5 heterocycles. The smallest absolute Gasteiger partial charge is 0.414 e. The third-order valence-corrected chi connectivity index (χ3v) is 12.2. The number of halogens is 2. The first-order chi connectivity index (χ1) is 28.5. The molecule has 15 nitrogen and oxygen atoms in total. The minimum Gasteiger partial charge on any atom is -0.442 e. The van der Waals surface area contributed by atoms with Crippen molar-refractivity contribution >= 4 is 101 Å². The Morgan fingerprint density at radius 3 is 1.75 bits per heavy atom. The Morgan fingerprint density at radius 2 is 1.34 bits per heavy atom. The SMILES string of the molecule is CCN1CCN=C1c1ccc(N2C[C@H](CNC(=O)c3ccc(Br)s3)OC2=O)cc1.CCNCCN.[C-]#[N+]c1ccc(N2C[C@H](CNC(=O)c3ccc(Br)s3)OC2=O)cc1. The van der Waals surface area contributed by atoms with E-state index in [1.807, 2.05) is 36.4 Å². The van der Waals surface area contributed by atoms with E-state index >= 15 is 0 Å². The number of carbonyl (C=O) groups excluding carboxylic acids is 4. The summed E-state index contributed by atoms with van der Waals surface area (Å²) in [7, 11) is 0. The molecule has 5 N–H and O–H groups in total. The van der Waals surface area contributed by atoms with Crippen LogP contribution in [0, 0.1) is 6.57 Å². The molecule has 4 amide bonds. The van der Waals surface area contributed by atoms with Crippen molar-refractivity contribution in [3.63, 3.8) is 0 Å². The largest absolute Gasteiger partial charge is 0.442 e. The quantitative estimate of drug-likeness (QED) is 0.0838. The van der Waals surface area contributed by atoms with Crippen molar-refractivity contribution < 1.29 is 28.7 Å². The average molecular weight is 972 g/mol. The number of nitrogens with one attached hydrogen (secondary N) is 3. The van der Waals surface area contributed by atoms with Crippen molar-refractivity contribution in [3.05, 3.63) is 107 Å². The molecule has 4 aromatic rings. The van der Waals surface area contributed by atoms with Gasteiger partial charge in [0.25, 0.3) is 11.8 Å². The highest BCUT2D eigenvalue weighted by Gasteiger charge is 2.34. The van der Waals surface area contributed by atoms with Gasteiger partial charge in [0.05, 0.1) is 56.6 Å². The third kappa shape index (κ3) is 12.8. The number of likely N-dealkylation sites (N-methyl/N-ethyl adjacent to an activating group) is 2. The van der Waals surface area contributed by atoms with Crippen LogP contribution in [0.3, 0.4) is 0 Å². The van der Waals surface area contributed by atoms with Crippen molar-refractivity contribution in [2.24, 2.45) is 10.7 Å². The first-order valence-electron chi connectivity index (χ1n) is 18.8. The van der Waals surface area contributed by atoms with Gasteiger partial charge in [0.2, 0.25) is 0 Å². The van der Waals surface area contributed by atoms with Crippen LogP contribution in [-0.4, -0.2) is 112 Å². The summed E-state index contributed by atoms with van der Waals surface area (Å²) >= 11 is 9.36. The minimum absolute atomic E-state index is 0.169. The van der Waals surface area contributed by atoms with E-state index in [-0.39, 0.29) is 31.0 Å². The summed E-state index contributed by atoms with van der Waals surface area (Å²) in [5.74, 6) is 0.642. The molecule has 59 heavy (non-hydrogen) atoms. The molecule has 19 heteroatoms. The molecule has 0 aliphatic carbocycles. The fourth-order valence-corrected chi connectivity index (χ4v) is 8.58. The predicted octanol–water partition coefficient (Wildman–Crippen LogP) is 6.72. The van der Waals surface area contributed by atoms with Gasteiger partial charge < -0.3 is 36.1 Å². The summed E-state index contributed by atoms with van der Waals surface area (Å²) in [6.45, 7) is 17.8. The lowest BCUT2D eigenvalue weighted by Crippen LogP contribution is -2.34. The minimum atomic E-state index is -0.455. The number of amidine groups is 1. The maximum atomic E-state index is 12.3. The molecule has 7 rings (SSSR count). The van der Waals surface area contributed by atoms with E-state index in [0.717, 1.165) is 63.9 Å². The Balaban J connectivity index is 0.000000200. The maximum absolute atomic E-state index is 12.3. The van der Waals surface area contributed by atoms with Gasteiger partial charge in [0.1, 0.15) is 18.0 Å². The van der Waals surface area contributed by atoms with Crippen LogP contribution in [0.25, 0.3) is 4.85 Å². The van der Waals surface area contributed by atoms with E-state index in [0.29, 0.717) is 34.2 Å². The van der Waals surface area contributed by atoms with Crippen LogP contribution in [0.4, 0.5) is 26.7 Å². The van der Waals surface area contributed by atoms with Gasteiger partial charge in [-0.3, -0.25) is 24.4 Å². The number of thiophene rings is 2. The molecule has 0 spiro atoms. The molecule has 2 fully saturated rings. The zero-order valence-electron chi connectivity index (χ0n) is 32.5. The Bertz CT molecular complexity index is 2120. The number of hydrogen-bond donors (Lipinski definition) is 4. The first kappa shape index (κ1) is 45.2. The number of hydrogen-bond acceptors (Lipinski definition) is 12. The first-order valence-corrected chi connectivity index (χ1v) is 22.1. The molecule has 0 bridgehead atoms. The van der Waals surface area contributed by atoms with Crippen LogP contribution < -0.4 is 31.5 Å². The van der Waals surface area contributed by atoms with Crippen LogP contribution in [0.15, 0.2) is 85.4 Å². The lowest BCUT2D eigenvalue weighted by molar-refractivity contribution is 0.0915. The van der Waals surface area contributed by atoms with Crippen molar-refractivity contribution in [1.29, 1.82) is 0 Å². The third-order valence-electron chi connectivity index (χ3n) is 8.93. The molecular formula is C40H45Br2N9O6S2. The summed E-state index contributed by atoms with van der Waals surface area (Å²) in [6.07, 6.45) is -1.65. The van der Waals surface area contributed by atoms with Gasteiger partial charge in [-0.05, 0) is 106 Å².